The lowest BCUT2D eigenvalue weighted by Crippen LogP contribution is -2.33. The molecule has 2 N–H and O–H groups in total. The van der Waals surface area contributed by atoms with Gasteiger partial charge in [-0.1, -0.05) is 17.8 Å². The standard InChI is InChI=1S/C25H27FN6O2S/c1-27-23(33)16-6-7-17(18(26)12-16)20-15-32-21-14-29-19(13-22(21)35-25(32)30-20)24(34)28-8-5-11-31-9-3-2-4-10-31/h6-7,12-15H,2-5,8-11H2,1H3,(H,27,33)(H,28,34). The van der Waals surface area contributed by atoms with E-state index >= 15 is 0 Å². The summed E-state index contributed by atoms with van der Waals surface area (Å²) in [5.41, 5.74) is 2.20. The van der Waals surface area contributed by atoms with Gasteiger partial charge in [0.2, 0.25) is 0 Å². The number of benzene rings is 1. The molecule has 0 bridgehead atoms. The van der Waals surface area contributed by atoms with E-state index in [9.17, 15) is 14.0 Å². The van der Waals surface area contributed by atoms with Crippen LogP contribution < -0.4 is 10.6 Å². The van der Waals surface area contributed by atoms with Crippen LogP contribution in [0, 0.1) is 5.82 Å². The number of nitrogens with one attached hydrogen (secondary N) is 2. The molecule has 0 unspecified atom stereocenters. The van der Waals surface area contributed by atoms with E-state index in [0.29, 0.717) is 28.5 Å². The minimum Gasteiger partial charge on any atom is -0.355 e. The van der Waals surface area contributed by atoms with E-state index in [1.165, 1.54) is 43.7 Å². The van der Waals surface area contributed by atoms with E-state index in [4.69, 9.17) is 0 Å². The van der Waals surface area contributed by atoms with Gasteiger partial charge in [0.25, 0.3) is 11.8 Å². The zero-order valence-corrected chi connectivity index (χ0v) is 20.3. The molecule has 2 amide bonds. The van der Waals surface area contributed by atoms with Crippen molar-refractivity contribution >= 4 is 38.3 Å². The number of likely N-dealkylation sites (tertiary alicyclic amines) is 1. The van der Waals surface area contributed by atoms with E-state index in [0.717, 1.165) is 36.3 Å². The van der Waals surface area contributed by atoms with Crippen LogP contribution in [0.25, 0.3) is 26.4 Å². The van der Waals surface area contributed by atoms with E-state index < -0.39 is 5.82 Å². The summed E-state index contributed by atoms with van der Waals surface area (Å²) in [6.45, 7) is 3.94. The first-order valence-electron chi connectivity index (χ1n) is 11.8. The van der Waals surface area contributed by atoms with Crippen molar-refractivity contribution in [2.45, 2.75) is 25.7 Å². The first-order valence-corrected chi connectivity index (χ1v) is 12.7. The van der Waals surface area contributed by atoms with Gasteiger partial charge in [0.05, 0.1) is 22.1 Å². The summed E-state index contributed by atoms with van der Waals surface area (Å²) in [4.78, 5) is 36.4. The number of aromatic nitrogens is 3. The second-order valence-corrected chi connectivity index (χ2v) is 9.71. The van der Waals surface area contributed by atoms with Gasteiger partial charge < -0.3 is 15.5 Å². The molecule has 3 aromatic heterocycles. The van der Waals surface area contributed by atoms with Crippen LogP contribution in [0.15, 0.2) is 36.7 Å². The highest BCUT2D eigenvalue weighted by atomic mass is 32.1. The van der Waals surface area contributed by atoms with Gasteiger partial charge in [-0.25, -0.2) is 14.4 Å². The molecule has 35 heavy (non-hydrogen) atoms. The van der Waals surface area contributed by atoms with Crippen LogP contribution in [0.3, 0.4) is 0 Å². The summed E-state index contributed by atoms with van der Waals surface area (Å²) in [5.74, 6) is -1.05. The van der Waals surface area contributed by atoms with Crippen molar-refractivity contribution in [1.29, 1.82) is 0 Å². The number of thiazole rings is 1. The molecule has 0 saturated carbocycles. The first kappa shape index (κ1) is 23.4. The van der Waals surface area contributed by atoms with E-state index in [2.05, 4.69) is 25.5 Å². The average molecular weight is 495 g/mol. The molecule has 0 spiro atoms. The second-order valence-electron chi connectivity index (χ2n) is 8.70. The Morgan fingerprint density at radius 2 is 1.97 bits per heavy atom. The SMILES string of the molecule is CNC(=O)c1ccc(-c2cn3c(n2)sc2cc(C(=O)NCCCN4CCCCC4)ncc23)c(F)c1. The topological polar surface area (TPSA) is 91.6 Å². The highest BCUT2D eigenvalue weighted by molar-refractivity contribution is 7.23. The fourth-order valence-corrected chi connectivity index (χ4v) is 5.46. The number of carbonyl (C=O) groups is 2. The number of nitrogens with zero attached hydrogens (tertiary/aromatic N) is 4. The lowest BCUT2D eigenvalue weighted by molar-refractivity contribution is 0.0943. The Morgan fingerprint density at radius 3 is 2.74 bits per heavy atom. The molecular formula is C25H27FN6O2S. The molecule has 0 aliphatic carbocycles. The van der Waals surface area contributed by atoms with Crippen LogP contribution in [-0.4, -0.2) is 64.3 Å². The average Bonchev–Trinajstić information content (AvgIpc) is 3.44. The number of halogens is 1. The molecular weight excluding hydrogens is 467 g/mol. The molecule has 1 aliphatic heterocycles. The van der Waals surface area contributed by atoms with Gasteiger partial charge in [-0.3, -0.25) is 14.0 Å². The Kier molecular flexibility index (Phi) is 6.74. The quantitative estimate of drug-likeness (QED) is 0.382. The van der Waals surface area contributed by atoms with Crippen molar-refractivity contribution < 1.29 is 14.0 Å². The van der Waals surface area contributed by atoms with Crippen LogP contribution in [0.1, 0.15) is 46.5 Å². The lowest BCUT2D eigenvalue weighted by atomic mass is 10.1. The normalized spacial score (nSPS) is 14.5. The Bertz CT molecular complexity index is 1390. The molecule has 4 heterocycles. The minimum absolute atomic E-state index is 0.185. The molecule has 1 saturated heterocycles. The summed E-state index contributed by atoms with van der Waals surface area (Å²) < 4.78 is 17.4. The lowest BCUT2D eigenvalue weighted by Gasteiger charge is -2.26. The van der Waals surface area contributed by atoms with Gasteiger partial charge in [-0.05, 0) is 63.2 Å². The fraction of sp³-hybridized carbons (Fsp3) is 0.360. The number of carbonyl (C=O) groups excluding carboxylic acids is 2. The number of rotatable bonds is 7. The summed E-state index contributed by atoms with van der Waals surface area (Å²) in [6, 6.07) is 6.11. The van der Waals surface area contributed by atoms with Crippen molar-refractivity contribution in [2.24, 2.45) is 0 Å². The number of amides is 2. The number of fused-ring (bicyclic) bond motifs is 3. The molecule has 4 aromatic rings. The molecule has 0 atom stereocenters. The maximum atomic E-state index is 14.7. The second kappa shape index (κ2) is 10.1. The fourth-order valence-electron chi connectivity index (χ4n) is 4.44. The highest BCUT2D eigenvalue weighted by Gasteiger charge is 2.17. The molecule has 5 rings (SSSR count). The third kappa shape index (κ3) is 4.89. The van der Waals surface area contributed by atoms with E-state index in [1.54, 1.807) is 30.6 Å². The smallest absolute Gasteiger partial charge is 0.269 e. The summed E-state index contributed by atoms with van der Waals surface area (Å²) in [7, 11) is 1.50. The largest absolute Gasteiger partial charge is 0.355 e. The van der Waals surface area contributed by atoms with Gasteiger partial charge in [-0.2, -0.15) is 0 Å². The van der Waals surface area contributed by atoms with Crippen molar-refractivity contribution in [3.05, 3.63) is 53.7 Å². The highest BCUT2D eigenvalue weighted by Crippen LogP contribution is 2.30. The molecule has 0 radical (unpaired) electrons. The molecule has 1 aliphatic rings. The van der Waals surface area contributed by atoms with Gasteiger partial charge >= 0.3 is 0 Å². The van der Waals surface area contributed by atoms with Crippen LogP contribution in [0.2, 0.25) is 0 Å². The number of hydrogen-bond acceptors (Lipinski definition) is 6. The van der Waals surface area contributed by atoms with Crippen LogP contribution in [-0.2, 0) is 0 Å². The zero-order valence-electron chi connectivity index (χ0n) is 19.5. The van der Waals surface area contributed by atoms with Crippen molar-refractivity contribution in [2.75, 3.05) is 33.2 Å². The predicted octanol–water partition coefficient (Wildman–Crippen LogP) is 3.72. The van der Waals surface area contributed by atoms with Crippen LogP contribution in [0.5, 0.6) is 0 Å². The van der Waals surface area contributed by atoms with Gasteiger partial charge in [0.1, 0.15) is 11.5 Å². The van der Waals surface area contributed by atoms with Gasteiger partial charge in [0, 0.05) is 30.9 Å². The summed E-state index contributed by atoms with van der Waals surface area (Å²) in [6.07, 6.45) is 8.16. The van der Waals surface area contributed by atoms with E-state index in [1.807, 2.05) is 4.40 Å². The molecule has 1 fully saturated rings. The monoisotopic (exact) mass is 494 g/mol. The number of imidazole rings is 1. The Hall–Kier alpha value is -3.37. The van der Waals surface area contributed by atoms with Gasteiger partial charge in [-0.15, -0.1) is 0 Å². The van der Waals surface area contributed by atoms with Crippen molar-refractivity contribution in [3.63, 3.8) is 0 Å². The molecule has 10 heteroatoms. The summed E-state index contributed by atoms with van der Waals surface area (Å²) in [5, 5.41) is 5.45. The van der Waals surface area contributed by atoms with E-state index in [-0.39, 0.29) is 17.4 Å². The van der Waals surface area contributed by atoms with Crippen molar-refractivity contribution in [3.8, 4) is 11.3 Å². The summed E-state index contributed by atoms with van der Waals surface area (Å²) >= 11 is 1.41. The maximum Gasteiger partial charge on any atom is 0.269 e. The Morgan fingerprint density at radius 1 is 1.14 bits per heavy atom. The third-order valence-corrected chi connectivity index (χ3v) is 7.35. The van der Waals surface area contributed by atoms with Crippen molar-refractivity contribution in [1.82, 2.24) is 29.9 Å². The predicted molar refractivity (Wildman–Crippen MR) is 134 cm³/mol. The third-order valence-electron chi connectivity index (χ3n) is 6.33. The molecule has 1 aromatic carbocycles. The van der Waals surface area contributed by atoms with Gasteiger partial charge in [0.15, 0.2) is 4.96 Å². The molecule has 8 nitrogen and oxygen atoms in total. The molecule has 182 valence electrons. The van der Waals surface area contributed by atoms with Crippen LogP contribution in [0.4, 0.5) is 4.39 Å². The maximum absolute atomic E-state index is 14.7. The first-order chi connectivity index (χ1) is 17.0. The number of pyridine rings is 1. The Balaban J connectivity index is 1.28. The number of hydrogen-bond donors (Lipinski definition) is 2. The number of piperidine rings is 1. The minimum atomic E-state index is -0.515. The van der Waals surface area contributed by atoms with Crippen LogP contribution >= 0.6 is 11.3 Å². The Labute approximate surface area is 206 Å². The zero-order chi connectivity index (χ0) is 24.4.